The molecule has 4 rings (SSSR count). The molecule has 178 valence electrons. The molecule has 1 fully saturated rings. The number of rotatable bonds is 6. The summed E-state index contributed by atoms with van der Waals surface area (Å²) in [5.41, 5.74) is 13.3. The number of aryl methyl sites for hydroxylation is 1. The van der Waals surface area contributed by atoms with Crippen LogP contribution in [0, 0.1) is 12.7 Å². The number of hydrogen-bond donors (Lipinski definition) is 4. The van der Waals surface area contributed by atoms with E-state index < -0.39 is 17.8 Å². The van der Waals surface area contributed by atoms with Crippen molar-refractivity contribution in [2.75, 3.05) is 23.7 Å². The normalized spacial score (nSPS) is 17.9. The minimum absolute atomic E-state index is 0.0520. The van der Waals surface area contributed by atoms with E-state index >= 15 is 0 Å². The molecule has 0 saturated carbocycles. The summed E-state index contributed by atoms with van der Waals surface area (Å²) >= 11 is 0. The molecule has 6 N–H and O–H groups in total. The number of halogens is 1. The van der Waals surface area contributed by atoms with Gasteiger partial charge in [-0.3, -0.25) is 14.6 Å². The number of amides is 2. The molecule has 0 unspecified atom stereocenters. The Labute approximate surface area is 194 Å². The minimum atomic E-state index is -0.846. The van der Waals surface area contributed by atoms with Crippen LogP contribution in [-0.2, 0) is 4.79 Å². The zero-order valence-electron chi connectivity index (χ0n) is 18.7. The molecule has 0 spiro atoms. The van der Waals surface area contributed by atoms with E-state index in [4.69, 9.17) is 11.5 Å². The Hall–Kier alpha value is -4.13. The zero-order chi connectivity index (χ0) is 24.4. The molecule has 2 atom stereocenters. The predicted molar refractivity (Wildman–Crippen MR) is 122 cm³/mol. The van der Waals surface area contributed by atoms with Crippen molar-refractivity contribution in [1.82, 2.24) is 29.9 Å². The molecule has 13 heteroatoms. The van der Waals surface area contributed by atoms with Crippen molar-refractivity contribution < 1.29 is 14.0 Å². The van der Waals surface area contributed by atoms with Crippen LogP contribution in [0.5, 0.6) is 0 Å². The summed E-state index contributed by atoms with van der Waals surface area (Å²) in [6.07, 6.45) is 5.13. The van der Waals surface area contributed by atoms with E-state index in [0.717, 1.165) is 6.07 Å². The molecule has 0 bridgehead atoms. The lowest BCUT2D eigenvalue weighted by molar-refractivity contribution is -0.130. The second-order valence-corrected chi connectivity index (χ2v) is 8.02. The fourth-order valence-corrected chi connectivity index (χ4v) is 3.77. The lowest BCUT2D eigenvalue weighted by atomic mass is 10.00. The number of likely N-dealkylation sites (tertiary alicyclic amines) is 1. The van der Waals surface area contributed by atoms with Gasteiger partial charge in [0.05, 0.1) is 35.5 Å². The first-order chi connectivity index (χ1) is 16.2. The van der Waals surface area contributed by atoms with Gasteiger partial charge >= 0.3 is 0 Å². The van der Waals surface area contributed by atoms with E-state index in [0.29, 0.717) is 36.6 Å². The molecule has 34 heavy (non-hydrogen) atoms. The van der Waals surface area contributed by atoms with E-state index in [1.54, 1.807) is 24.1 Å². The Bertz CT molecular complexity index is 1220. The molecule has 1 aliphatic heterocycles. The minimum Gasteiger partial charge on any atom is -0.365 e. The molecule has 1 saturated heterocycles. The van der Waals surface area contributed by atoms with Crippen molar-refractivity contribution in [3.05, 3.63) is 47.8 Å². The number of primary amides is 1. The first-order valence-electron chi connectivity index (χ1n) is 10.6. The number of carbonyl (C=O) groups excluding carboxylic acids is 2. The SMILES string of the molecule is CC(=O)N1CC[C@@H](Nc2nc(Nc3cnc(C)c(-n4nccn4)c3)c(C(N)=O)cc2F)[C@@H](N)C1. The predicted octanol–water partition coefficient (Wildman–Crippen LogP) is 0.707. The van der Waals surface area contributed by atoms with Crippen molar-refractivity contribution in [1.29, 1.82) is 0 Å². The van der Waals surface area contributed by atoms with Crippen molar-refractivity contribution in [2.24, 2.45) is 11.5 Å². The lowest BCUT2D eigenvalue weighted by Gasteiger charge is -2.36. The number of nitrogens with zero attached hydrogens (tertiary/aromatic N) is 6. The number of hydrogen-bond acceptors (Lipinski definition) is 9. The highest BCUT2D eigenvalue weighted by atomic mass is 19.1. The van der Waals surface area contributed by atoms with Crippen molar-refractivity contribution in [2.45, 2.75) is 32.4 Å². The molecule has 0 radical (unpaired) electrons. The smallest absolute Gasteiger partial charge is 0.252 e. The zero-order valence-corrected chi connectivity index (χ0v) is 18.7. The summed E-state index contributed by atoms with van der Waals surface area (Å²) in [5.74, 6) is -1.69. The molecular formula is C21H25FN10O2. The maximum Gasteiger partial charge on any atom is 0.252 e. The summed E-state index contributed by atoms with van der Waals surface area (Å²) in [7, 11) is 0. The topological polar surface area (TPSA) is 170 Å². The van der Waals surface area contributed by atoms with E-state index in [1.807, 2.05) is 0 Å². The van der Waals surface area contributed by atoms with Crippen LogP contribution in [0.15, 0.2) is 30.7 Å². The van der Waals surface area contributed by atoms with Crippen LogP contribution >= 0.6 is 0 Å². The Morgan fingerprint density at radius 1 is 1.21 bits per heavy atom. The molecular weight excluding hydrogens is 443 g/mol. The number of carbonyl (C=O) groups is 2. The van der Waals surface area contributed by atoms with E-state index in [1.165, 1.54) is 24.1 Å². The highest BCUT2D eigenvalue weighted by Gasteiger charge is 2.29. The van der Waals surface area contributed by atoms with Gasteiger partial charge in [-0.15, -0.1) is 4.80 Å². The van der Waals surface area contributed by atoms with E-state index in [-0.39, 0.29) is 29.1 Å². The largest absolute Gasteiger partial charge is 0.365 e. The Morgan fingerprint density at radius 3 is 2.59 bits per heavy atom. The van der Waals surface area contributed by atoms with Gasteiger partial charge in [0.15, 0.2) is 11.6 Å². The molecule has 3 aromatic heterocycles. The Balaban J connectivity index is 1.62. The summed E-state index contributed by atoms with van der Waals surface area (Å²) in [5, 5.41) is 14.2. The Morgan fingerprint density at radius 2 is 1.94 bits per heavy atom. The fraction of sp³-hybridized carbons (Fsp3) is 0.333. The van der Waals surface area contributed by atoms with E-state index in [9.17, 15) is 14.0 Å². The molecule has 0 aliphatic carbocycles. The molecule has 3 aromatic rings. The molecule has 1 aliphatic rings. The Kier molecular flexibility index (Phi) is 6.36. The number of nitrogens with two attached hydrogens (primary N) is 2. The molecule has 12 nitrogen and oxygen atoms in total. The fourth-order valence-electron chi connectivity index (χ4n) is 3.77. The first kappa shape index (κ1) is 23.0. The monoisotopic (exact) mass is 468 g/mol. The van der Waals surface area contributed by atoms with E-state index in [2.05, 4.69) is 30.8 Å². The third kappa shape index (κ3) is 4.78. The molecule has 0 aromatic carbocycles. The first-order valence-corrected chi connectivity index (χ1v) is 10.6. The number of aromatic nitrogens is 5. The van der Waals surface area contributed by atoms with Gasteiger partial charge in [0.25, 0.3) is 5.91 Å². The standard InChI is InChI=1S/C21H25FN10O2/c1-11-18(32-26-4-5-27-32)7-13(9-25-11)28-20-14(19(24)34)8-15(22)21(30-20)29-17-3-6-31(12(2)33)10-16(17)23/h4-5,7-9,16-17H,3,6,10,23H2,1-2H3,(H2,24,34)(H2,28,29,30)/t16-,17+/m0/s1. The summed E-state index contributed by atoms with van der Waals surface area (Å²) in [6.45, 7) is 4.12. The second-order valence-electron chi connectivity index (χ2n) is 8.02. The molecule has 2 amide bonds. The van der Waals surface area contributed by atoms with Gasteiger partial charge in [-0.25, -0.2) is 9.37 Å². The maximum atomic E-state index is 14.8. The van der Waals surface area contributed by atoms with Crippen molar-refractivity contribution in [3.8, 4) is 5.69 Å². The highest BCUT2D eigenvalue weighted by Crippen LogP contribution is 2.26. The van der Waals surface area contributed by atoms with Gasteiger partial charge in [-0.05, 0) is 25.5 Å². The van der Waals surface area contributed by atoms with Crippen LogP contribution in [0.4, 0.5) is 21.7 Å². The number of nitrogens with one attached hydrogen (secondary N) is 2. The van der Waals surface area contributed by atoms with Crippen LogP contribution in [0.3, 0.4) is 0 Å². The summed E-state index contributed by atoms with van der Waals surface area (Å²) in [6, 6.07) is 2.01. The van der Waals surface area contributed by atoms with Crippen LogP contribution < -0.4 is 22.1 Å². The van der Waals surface area contributed by atoms with Gasteiger partial charge in [0, 0.05) is 32.1 Å². The van der Waals surface area contributed by atoms with Gasteiger partial charge in [0.1, 0.15) is 11.5 Å². The third-order valence-electron chi connectivity index (χ3n) is 5.62. The van der Waals surface area contributed by atoms with Crippen LogP contribution in [-0.4, -0.2) is 66.8 Å². The number of piperidine rings is 1. The number of anilines is 3. The lowest BCUT2D eigenvalue weighted by Crippen LogP contribution is -2.55. The summed E-state index contributed by atoms with van der Waals surface area (Å²) < 4.78 is 14.8. The molecule has 4 heterocycles. The second kappa shape index (κ2) is 9.39. The van der Waals surface area contributed by atoms with Gasteiger partial charge in [-0.2, -0.15) is 10.2 Å². The van der Waals surface area contributed by atoms with Gasteiger partial charge in [0.2, 0.25) is 5.91 Å². The average Bonchev–Trinajstić information content (AvgIpc) is 3.32. The average molecular weight is 468 g/mol. The van der Waals surface area contributed by atoms with Crippen LogP contribution in [0.1, 0.15) is 29.4 Å². The van der Waals surface area contributed by atoms with Gasteiger partial charge < -0.3 is 27.0 Å². The van der Waals surface area contributed by atoms with Gasteiger partial charge in [-0.1, -0.05) is 0 Å². The van der Waals surface area contributed by atoms with Crippen molar-refractivity contribution >= 4 is 29.1 Å². The summed E-state index contributed by atoms with van der Waals surface area (Å²) in [4.78, 5) is 35.3. The van der Waals surface area contributed by atoms with Crippen molar-refractivity contribution in [3.63, 3.8) is 0 Å². The quantitative estimate of drug-likeness (QED) is 0.407. The van der Waals surface area contributed by atoms with Crippen LogP contribution in [0.2, 0.25) is 0 Å². The number of pyridine rings is 2. The highest BCUT2D eigenvalue weighted by molar-refractivity contribution is 5.98. The third-order valence-corrected chi connectivity index (χ3v) is 5.62. The van der Waals surface area contributed by atoms with Crippen LogP contribution in [0.25, 0.3) is 5.69 Å². The maximum absolute atomic E-state index is 14.8.